The highest BCUT2D eigenvalue weighted by molar-refractivity contribution is 6.06. The van der Waals surface area contributed by atoms with Gasteiger partial charge >= 0.3 is 0 Å². The number of hydrogen-bond acceptors (Lipinski definition) is 6. The fourth-order valence-electron chi connectivity index (χ4n) is 4.25. The van der Waals surface area contributed by atoms with Gasteiger partial charge in [0.15, 0.2) is 0 Å². The third-order valence-electron chi connectivity index (χ3n) is 5.62. The van der Waals surface area contributed by atoms with Crippen LogP contribution in [0.4, 0.5) is 17.3 Å². The lowest BCUT2D eigenvalue weighted by Gasteiger charge is -2.20. The second-order valence-electron chi connectivity index (χ2n) is 7.34. The first-order valence-electron chi connectivity index (χ1n) is 9.28. The number of ether oxygens (including phenoxy) is 1. The van der Waals surface area contributed by atoms with Gasteiger partial charge in [0, 0.05) is 29.1 Å². The summed E-state index contributed by atoms with van der Waals surface area (Å²) in [7, 11) is 1.51. The summed E-state index contributed by atoms with van der Waals surface area (Å²) in [6.07, 6.45) is 3.72. The van der Waals surface area contributed by atoms with Crippen molar-refractivity contribution < 1.29 is 14.3 Å². The second-order valence-corrected chi connectivity index (χ2v) is 7.34. The third kappa shape index (κ3) is 2.74. The molecule has 1 aliphatic carbocycles. The smallest absolute Gasteiger partial charge is 0.237 e. The summed E-state index contributed by atoms with van der Waals surface area (Å²) in [5.41, 5.74) is 3.94. The van der Waals surface area contributed by atoms with Crippen molar-refractivity contribution in [2.75, 3.05) is 17.7 Å². The van der Waals surface area contributed by atoms with E-state index in [0.29, 0.717) is 35.9 Å². The Balaban J connectivity index is 1.46. The molecule has 1 aromatic carbocycles. The Kier molecular flexibility index (Phi) is 3.84. The minimum absolute atomic E-state index is 0.00185. The Morgan fingerprint density at radius 3 is 2.86 bits per heavy atom. The lowest BCUT2D eigenvalue weighted by Crippen LogP contribution is -2.35. The number of aldehydes is 1. The average molecular weight is 386 g/mol. The molecule has 0 radical (unpaired) electrons. The van der Waals surface area contributed by atoms with Crippen molar-refractivity contribution in [3.05, 3.63) is 70.9 Å². The number of anilines is 3. The maximum Gasteiger partial charge on any atom is 0.237 e. The van der Waals surface area contributed by atoms with Crippen LogP contribution in [0.15, 0.2) is 48.7 Å². The number of fused-ring (bicyclic) bond motifs is 3. The van der Waals surface area contributed by atoms with E-state index in [-0.39, 0.29) is 5.91 Å². The van der Waals surface area contributed by atoms with Gasteiger partial charge in [0.05, 0.1) is 12.5 Å². The molecule has 144 valence electrons. The van der Waals surface area contributed by atoms with Gasteiger partial charge in [-0.2, -0.15) is 4.98 Å². The molecule has 3 heterocycles. The van der Waals surface area contributed by atoms with Gasteiger partial charge in [-0.1, -0.05) is 12.1 Å². The van der Waals surface area contributed by atoms with Gasteiger partial charge in [-0.3, -0.25) is 9.59 Å². The predicted molar refractivity (Wildman–Crippen MR) is 108 cm³/mol. The predicted octanol–water partition coefficient (Wildman–Crippen LogP) is 3.03. The summed E-state index contributed by atoms with van der Waals surface area (Å²) in [5.74, 6) is 1.55. The van der Waals surface area contributed by atoms with Crippen molar-refractivity contribution in [1.29, 1.82) is 0 Å². The van der Waals surface area contributed by atoms with Crippen LogP contribution in [-0.4, -0.2) is 29.3 Å². The first-order chi connectivity index (χ1) is 14.1. The number of rotatable bonds is 4. The normalized spacial score (nSPS) is 18.9. The van der Waals surface area contributed by atoms with E-state index in [1.54, 1.807) is 18.3 Å². The van der Waals surface area contributed by atoms with E-state index in [1.807, 2.05) is 30.3 Å². The van der Waals surface area contributed by atoms with Crippen LogP contribution in [-0.2, 0) is 23.1 Å². The van der Waals surface area contributed by atoms with Crippen molar-refractivity contribution in [2.45, 2.75) is 18.3 Å². The Morgan fingerprint density at radius 2 is 2.03 bits per heavy atom. The number of carbonyl (C=O) groups excluding carboxylic acids is 2. The lowest BCUT2D eigenvalue weighted by molar-refractivity contribution is -0.120. The van der Waals surface area contributed by atoms with E-state index >= 15 is 0 Å². The Morgan fingerprint density at radius 1 is 1.17 bits per heavy atom. The molecule has 5 rings (SSSR count). The fraction of sp³-hybridized carbons (Fsp3) is 0.182. The van der Waals surface area contributed by atoms with Crippen LogP contribution in [0.3, 0.4) is 0 Å². The molecule has 1 amide bonds. The molecule has 7 heteroatoms. The van der Waals surface area contributed by atoms with E-state index in [0.717, 1.165) is 28.7 Å². The minimum atomic E-state index is -0.594. The second kappa shape index (κ2) is 6.41. The largest absolute Gasteiger partial charge is 0.481 e. The molecule has 2 N–H and O–H groups in total. The molecule has 7 nitrogen and oxygen atoms in total. The molecule has 1 spiro atoms. The molecule has 1 aliphatic heterocycles. The number of aromatic nitrogens is 2. The molecule has 1 atom stereocenters. The van der Waals surface area contributed by atoms with Gasteiger partial charge in [-0.15, -0.1) is 0 Å². The van der Waals surface area contributed by atoms with Crippen LogP contribution < -0.4 is 15.4 Å². The van der Waals surface area contributed by atoms with Gasteiger partial charge in [-0.05, 0) is 48.2 Å². The standard InChI is InChI=1S/C22H18N4O3/c1-29-19-8-13(12-27)7-18(25-19)24-16-5-4-14-10-22(11-15(14)9-16)17-3-2-6-23-20(17)26-21(22)28/h2-9,12H,10-11H2,1H3,(H,24,25)(H,23,26,28). The number of pyridine rings is 2. The van der Waals surface area contributed by atoms with E-state index in [2.05, 4.69) is 20.6 Å². The average Bonchev–Trinajstić information content (AvgIpc) is 3.25. The van der Waals surface area contributed by atoms with E-state index in [4.69, 9.17) is 4.74 Å². The molecule has 3 aromatic rings. The maximum atomic E-state index is 12.8. The monoisotopic (exact) mass is 386 g/mol. The molecule has 29 heavy (non-hydrogen) atoms. The molecular formula is C22H18N4O3. The molecule has 0 saturated carbocycles. The Bertz CT molecular complexity index is 1160. The van der Waals surface area contributed by atoms with E-state index in [1.165, 1.54) is 7.11 Å². The van der Waals surface area contributed by atoms with Crippen LogP contribution >= 0.6 is 0 Å². The van der Waals surface area contributed by atoms with E-state index < -0.39 is 5.41 Å². The van der Waals surface area contributed by atoms with Gasteiger partial charge < -0.3 is 15.4 Å². The van der Waals surface area contributed by atoms with Crippen molar-refractivity contribution >= 4 is 29.5 Å². The van der Waals surface area contributed by atoms with Crippen molar-refractivity contribution in [3.63, 3.8) is 0 Å². The van der Waals surface area contributed by atoms with E-state index in [9.17, 15) is 9.59 Å². The number of carbonyl (C=O) groups is 2. The number of benzene rings is 1. The number of nitrogens with one attached hydrogen (secondary N) is 2. The van der Waals surface area contributed by atoms with Crippen LogP contribution in [0, 0.1) is 0 Å². The zero-order valence-corrected chi connectivity index (χ0v) is 15.7. The zero-order valence-electron chi connectivity index (χ0n) is 15.7. The maximum absolute atomic E-state index is 12.8. The van der Waals surface area contributed by atoms with Crippen LogP contribution in [0.25, 0.3) is 0 Å². The number of amides is 1. The first-order valence-corrected chi connectivity index (χ1v) is 9.28. The Hall–Kier alpha value is -3.74. The summed E-state index contributed by atoms with van der Waals surface area (Å²) in [5, 5.41) is 6.15. The van der Waals surface area contributed by atoms with Crippen LogP contribution in [0.5, 0.6) is 5.88 Å². The van der Waals surface area contributed by atoms with Gasteiger partial charge in [0.2, 0.25) is 11.8 Å². The Labute approximate surface area is 167 Å². The summed E-state index contributed by atoms with van der Waals surface area (Å²) >= 11 is 0. The molecule has 0 fully saturated rings. The third-order valence-corrected chi connectivity index (χ3v) is 5.62. The highest BCUT2D eigenvalue weighted by atomic mass is 16.5. The number of methoxy groups -OCH3 is 1. The van der Waals surface area contributed by atoms with Crippen LogP contribution in [0.2, 0.25) is 0 Å². The van der Waals surface area contributed by atoms with Crippen molar-refractivity contribution in [2.24, 2.45) is 0 Å². The number of nitrogens with zero attached hydrogens (tertiary/aromatic N) is 2. The highest BCUT2D eigenvalue weighted by Gasteiger charge is 2.51. The fourth-order valence-corrected chi connectivity index (χ4v) is 4.25. The number of hydrogen-bond donors (Lipinski definition) is 2. The summed E-state index contributed by atoms with van der Waals surface area (Å²) in [4.78, 5) is 32.6. The highest BCUT2D eigenvalue weighted by Crippen LogP contribution is 2.47. The topological polar surface area (TPSA) is 93.2 Å². The molecule has 2 aromatic heterocycles. The van der Waals surface area contributed by atoms with Crippen molar-refractivity contribution in [3.8, 4) is 5.88 Å². The summed E-state index contributed by atoms with van der Waals surface area (Å²) in [6, 6.07) is 13.1. The molecule has 2 aliphatic rings. The quantitative estimate of drug-likeness (QED) is 0.670. The van der Waals surface area contributed by atoms with Gasteiger partial charge in [0.25, 0.3) is 0 Å². The SMILES string of the molecule is COc1cc(C=O)cc(Nc2ccc3c(c2)CC2(C3)C(=O)Nc3ncccc32)n1. The lowest BCUT2D eigenvalue weighted by atomic mass is 9.79. The molecule has 1 unspecified atom stereocenters. The minimum Gasteiger partial charge on any atom is -0.481 e. The molecule has 0 saturated heterocycles. The summed E-state index contributed by atoms with van der Waals surface area (Å²) < 4.78 is 5.16. The van der Waals surface area contributed by atoms with Gasteiger partial charge in [-0.25, -0.2) is 4.98 Å². The van der Waals surface area contributed by atoms with Gasteiger partial charge in [0.1, 0.15) is 17.9 Å². The molecule has 0 bridgehead atoms. The van der Waals surface area contributed by atoms with Crippen molar-refractivity contribution in [1.82, 2.24) is 9.97 Å². The zero-order chi connectivity index (χ0) is 20.0. The first kappa shape index (κ1) is 17.4. The molecular weight excluding hydrogens is 368 g/mol. The summed E-state index contributed by atoms with van der Waals surface area (Å²) in [6.45, 7) is 0. The van der Waals surface area contributed by atoms with Crippen LogP contribution in [0.1, 0.15) is 27.0 Å².